The number of carbonyl (C=O) groups is 1. The lowest BCUT2D eigenvalue weighted by molar-refractivity contribution is -0.137. The number of para-hydroxylation sites is 1. The molecule has 0 spiro atoms. The zero-order chi connectivity index (χ0) is 21.1. The van der Waals surface area contributed by atoms with Crippen LogP contribution in [0.25, 0.3) is 16.9 Å². The first-order valence-corrected chi connectivity index (χ1v) is 10.1. The van der Waals surface area contributed by atoms with Gasteiger partial charge in [-0.25, -0.2) is 4.98 Å². The van der Waals surface area contributed by atoms with Gasteiger partial charge in [0.15, 0.2) is 0 Å². The Bertz CT molecular complexity index is 1180. The summed E-state index contributed by atoms with van der Waals surface area (Å²) in [5, 5.41) is 3.54. The lowest BCUT2D eigenvalue weighted by Gasteiger charge is -2.13. The summed E-state index contributed by atoms with van der Waals surface area (Å²) in [6.45, 7) is 6.35. The molecule has 0 radical (unpaired) electrons. The molecule has 30 heavy (non-hydrogen) atoms. The van der Waals surface area contributed by atoms with E-state index >= 15 is 0 Å². The number of aryl methyl sites for hydroxylation is 1. The number of benzene rings is 2. The predicted molar refractivity (Wildman–Crippen MR) is 120 cm³/mol. The van der Waals surface area contributed by atoms with Crippen LogP contribution in [0.3, 0.4) is 0 Å². The lowest BCUT2D eigenvalue weighted by atomic mass is 10.1. The largest absolute Gasteiger partial charge is 0.426 e. The summed E-state index contributed by atoms with van der Waals surface area (Å²) in [5.41, 5.74) is 4.65. The van der Waals surface area contributed by atoms with Crippen LogP contribution in [0.1, 0.15) is 25.0 Å². The Morgan fingerprint density at radius 1 is 1.03 bits per heavy atom. The van der Waals surface area contributed by atoms with Crippen molar-refractivity contribution in [3.63, 3.8) is 0 Å². The Hall–Kier alpha value is -3.60. The summed E-state index contributed by atoms with van der Waals surface area (Å²) in [7, 11) is 0. The van der Waals surface area contributed by atoms with Gasteiger partial charge in [0, 0.05) is 18.3 Å². The van der Waals surface area contributed by atoms with E-state index in [1.807, 2.05) is 81.6 Å². The highest BCUT2D eigenvalue weighted by Crippen LogP contribution is 2.36. The predicted octanol–water partition coefficient (Wildman–Crippen LogP) is 5.48. The number of aromatic nitrogens is 2. The summed E-state index contributed by atoms with van der Waals surface area (Å²) >= 11 is 0. The highest BCUT2D eigenvalue weighted by Gasteiger charge is 2.20. The van der Waals surface area contributed by atoms with Crippen molar-refractivity contribution in [3.05, 3.63) is 84.1 Å². The number of esters is 1. The molecule has 5 heteroatoms. The number of imidazole rings is 1. The molecule has 0 bridgehead atoms. The molecule has 4 aromatic rings. The molecular weight excluding hydrogens is 374 g/mol. The molecule has 5 nitrogen and oxygen atoms in total. The van der Waals surface area contributed by atoms with Gasteiger partial charge in [-0.2, -0.15) is 0 Å². The Kier molecular flexibility index (Phi) is 5.53. The lowest BCUT2D eigenvalue weighted by Crippen LogP contribution is -2.15. The first kappa shape index (κ1) is 19.7. The molecule has 2 aromatic heterocycles. The molecule has 4 rings (SSSR count). The van der Waals surface area contributed by atoms with E-state index in [9.17, 15) is 4.79 Å². The summed E-state index contributed by atoms with van der Waals surface area (Å²) in [4.78, 5) is 17.2. The summed E-state index contributed by atoms with van der Waals surface area (Å²) < 4.78 is 7.74. The van der Waals surface area contributed by atoms with Crippen molar-refractivity contribution in [2.45, 2.75) is 27.3 Å². The van der Waals surface area contributed by atoms with Gasteiger partial charge in [0.2, 0.25) is 0 Å². The van der Waals surface area contributed by atoms with Crippen LogP contribution in [-0.4, -0.2) is 15.4 Å². The van der Waals surface area contributed by atoms with Gasteiger partial charge in [-0.15, -0.1) is 0 Å². The number of nitrogens with one attached hydrogen (secondary N) is 1. The molecule has 0 amide bonds. The quantitative estimate of drug-likeness (QED) is 0.344. The molecule has 0 unspecified atom stereocenters. The molecule has 2 heterocycles. The maximum absolute atomic E-state index is 12.3. The van der Waals surface area contributed by atoms with Gasteiger partial charge in [-0.1, -0.05) is 62.4 Å². The number of hydrogen-bond acceptors (Lipinski definition) is 4. The highest BCUT2D eigenvalue weighted by molar-refractivity contribution is 5.84. The fourth-order valence-corrected chi connectivity index (χ4v) is 3.32. The fourth-order valence-electron chi connectivity index (χ4n) is 3.32. The number of carbonyl (C=O) groups excluding carboxylic acids is 1. The summed E-state index contributed by atoms with van der Waals surface area (Å²) in [6, 6.07) is 21.8. The van der Waals surface area contributed by atoms with E-state index in [-0.39, 0.29) is 11.9 Å². The normalized spacial score (nSPS) is 11.1. The maximum Gasteiger partial charge on any atom is 0.313 e. The van der Waals surface area contributed by atoms with Crippen LogP contribution in [0, 0.1) is 12.8 Å². The minimum atomic E-state index is -0.263. The van der Waals surface area contributed by atoms with Crippen LogP contribution in [0.5, 0.6) is 5.75 Å². The average molecular weight is 399 g/mol. The Labute approximate surface area is 176 Å². The molecule has 1 N–H and O–H groups in total. The molecule has 0 fully saturated rings. The van der Waals surface area contributed by atoms with E-state index in [0.717, 1.165) is 28.3 Å². The van der Waals surface area contributed by atoms with Gasteiger partial charge in [0.1, 0.15) is 22.9 Å². The minimum absolute atomic E-state index is 0.211. The molecular formula is C25H25N3O2. The average Bonchev–Trinajstić information content (AvgIpc) is 3.13. The first-order chi connectivity index (χ1) is 14.5. The van der Waals surface area contributed by atoms with Gasteiger partial charge in [-0.05, 0) is 36.2 Å². The summed E-state index contributed by atoms with van der Waals surface area (Å²) in [6.07, 6.45) is 1.99. The minimum Gasteiger partial charge on any atom is -0.426 e. The number of anilines is 1. The van der Waals surface area contributed by atoms with Crippen LogP contribution < -0.4 is 10.1 Å². The third-order valence-corrected chi connectivity index (χ3v) is 4.97. The van der Waals surface area contributed by atoms with Gasteiger partial charge in [0.25, 0.3) is 0 Å². The first-order valence-electron chi connectivity index (χ1n) is 10.1. The maximum atomic E-state index is 12.3. The van der Waals surface area contributed by atoms with E-state index in [1.165, 1.54) is 5.56 Å². The van der Waals surface area contributed by atoms with E-state index in [1.54, 1.807) is 0 Å². The van der Waals surface area contributed by atoms with Crippen molar-refractivity contribution in [1.29, 1.82) is 0 Å². The van der Waals surface area contributed by atoms with Gasteiger partial charge < -0.3 is 10.1 Å². The number of hydrogen-bond donors (Lipinski definition) is 1. The van der Waals surface area contributed by atoms with Crippen molar-refractivity contribution in [1.82, 2.24) is 9.38 Å². The molecule has 0 aliphatic rings. The van der Waals surface area contributed by atoms with Crippen molar-refractivity contribution >= 4 is 17.4 Å². The Morgan fingerprint density at radius 3 is 2.53 bits per heavy atom. The Balaban J connectivity index is 1.81. The van der Waals surface area contributed by atoms with Crippen LogP contribution in [0.4, 0.5) is 5.82 Å². The van der Waals surface area contributed by atoms with Crippen LogP contribution >= 0.6 is 0 Å². The third kappa shape index (κ3) is 3.92. The number of ether oxygens (including phenoxy) is 1. The van der Waals surface area contributed by atoms with E-state index in [2.05, 4.69) is 21.9 Å². The smallest absolute Gasteiger partial charge is 0.313 e. The molecule has 0 atom stereocenters. The van der Waals surface area contributed by atoms with E-state index in [4.69, 9.17) is 9.72 Å². The van der Waals surface area contributed by atoms with Gasteiger partial charge >= 0.3 is 5.97 Å². The number of pyridine rings is 1. The van der Waals surface area contributed by atoms with Crippen molar-refractivity contribution < 1.29 is 9.53 Å². The fraction of sp³-hybridized carbons (Fsp3) is 0.200. The van der Waals surface area contributed by atoms with Crippen molar-refractivity contribution in [3.8, 4) is 17.0 Å². The standard InChI is InChI=1S/C25H25N3O2/c1-17(2)25(29)30-21-14-8-7-13-20(21)22-24(26-16-19-11-5-4-6-12-19)28-15-9-10-18(3)23(28)27-22/h4-15,17,26H,16H2,1-3H3. The zero-order valence-corrected chi connectivity index (χ0v) is 17.4. The van der Waals surface area contributed by atoms with Crippen LogP contribution in [0.15, 0.2) is 72.9 Å². The summed E-state index contributed by atoms with van der Waals surface area (Å²) in [5.74, 6) is 0.906. The SMILES string of the molecule is Cc1cccn2c(NCc3ccccc3)c(-c3ccccc3OC(=O)C(C)C)nc12. The number of rotatable bonds is 6. The topological polar surface area (TPSA) is 55.6 Å². The molecule has 0 aliphatic heterocycles. The molecule has 0 saturated heterocycles. The van der Waals surface area contributed by atoms with Crippen LogP contribution in [0.2, 0.25) is 0 Å². The van der Waals surface area contributed by atoms with Gasteiger partial charge in [0.05, 0.1) is 5.92 Å². The molecule has 0 saturated carbocycles. The van der Waals surface area contributed by atoms with Crippen LogP contribution in [-0.2, 0) is 11.3 Å². The number of nitrogens with zero attached hydrogens (tertiary/aromatic N) is 2. The van der Waals surface area contributed by atoms with E-state index in [0.29, 0.717) is 12.3 Å². The number of fused-ring (bicyclic) bond motifs is 1. The van der Waals surface area contributed by atoms with Gasteiger partial charge in [-0.3, -0.25) is 9.20 Å². The second kappa shape index (κ2) is 8.41. The monoisotopic (exact) mass is 399 g/mol. The third-order valence-electron chi connectivity index (χ3n) is 4.97. The second-order valence-electron chi connectivity index (χ2n) is 7.60. The molecule has 152 valence electrons. The molecule has 0 aliphatic carbocycles. The zero-order valence-electron chi connectivity index (χ0n) is 17.4. The van der Waals surface area contributed by atoms with Crippen molar-refractivity contribution in [2.24, 2.45) is 5.92 Å². The van der Waals surface area contributed by atoms with E-state index < -0.39 is 0 Å². The van der Waals surface area contributed by atoms with Crippen molar-refractivity contribution in [2.75, 3.05) is 5.32 Å². The second-order valence-corrected chi connectivity index (χ2v) is 7.60. The Morgan fingerprint density at radius 2 is 1.77 bits per heavy atom. The highest BCUT2D eigenvalue weighted by atomic mass is 16.5. The molecule has 2 aromatic carbocycles.